The van der Waals surface area contributed by atoms with E-state index in [2.05, 4.69) is 23.5 Å². The average Bonchev–Trinajstić information content (AvgIpc) is 2.84. The molecule has 0 atom stereocenters. The summed E-state index contributed by atoms with van der Waals surface area (Å²) in [6.07, 6.45) is 1.93. The molecular formula is C17H15ClN2O. The summed E-state index contributed by atoms with van der Waals surface area (Å²) >= 11 is 6.04. The summed E-state index contributed by atoms with van der Waals surface area (Å²) < 4.78 is 1.94. The van der Waals surface area contributed by atoms with Gasteiger partial charge in [-0.15, -0.1) is 0 Å². The van der Waals surface area contributed by atoms with E-state index in [0.29, 0.717) is 10.7 Å². The number of nitrogens with zero attached hydrogens (tertiary/aromatic N) is 1. The van der Waals surface area contributed by atoms with Gasteiger partial charge in [0.25, 0.3) is 0 Å². The predicted molar refractivity (Wildman–Crippen MR) is 86.8 cm³/mol. The molecular weight excluding hydrogens is 284 g/mol. The second-order valence-electron chi connectivity index (χ2n) is 5.03. The zero-order valence-electron chi connectivity index (χ0n) is 11.6. The molecule has 0 aliphatic heterocycles. The summed E-state index contributed by atoms with van der Waals surface area (Å²) in [6, 6.07) is 15.4. The highest BCUT2D eigenvalue weighted by molar-refractivity contribution is 6.33. The molecule has 0 aliphatic carbocycles. The number of amides is 1. The number of carbonyl (C=O) groups is 1. The number of nitrogens with one attached hydrogen (secondary N) is 1. The molecule has 0 fully saturated rings. The Labute approximate surface area is 128 Å². The smallest absolute Gasteiger partial charge is 0.244 e. The van der Waals surface area contributed by atoms with Crippen molar-refractivity contribution in [3.63, 3.8) is 0 Å². The van der Waals surface area contributed by atoms with Crippen molar-refractivity contribution in [3.8, 4) is 0 Å². The minimum absolute atomic E-state index is 0.0953. The summed E-state index contributed by atoms with van der Waals surface area (Å²) in [4.78, 5) is 12.2. The van der Waals surface area contributed by atoms with Crippen molar-refractivity contribution in [2.24, 2.45) is 0 Å². The molecule has 0 saturated heterocycles. The van der Waals surface area contributed by atoms with E-state index in [1.807, 2.05) is 35.9 Å². The second-order valence-corrected chi connectivity index (χ2v) is 5.44. The van der Waals surface area contributed by atoms with Crippen LogP contribution in [0.2, 0.25) is 5.02 Å². The van der Waals surface area contributed by atoms with Gasteiger partial charge in [0.05, 0.1) is 10.7 Å². The third kappa shape index (κ3) is 2.93. The first kappa shape index (κ1) is 13.7. The number of benzene rings is 2. The van der Waals surface area contributed by atoms with E-state index < -0.39 is 0 Å². The normalized spacial score (nSPS) is 10.8. The summed E-state index contributed by atoms with van der Waals surface area (Å²) in [5, 5.41) is 4.51. The molecule has 3 nitrogen and oxygen atoms in total. The van der Waals surface area contributed by atoms with Crippen molar-refractivity contribution in [2.75, 3.05) is 5.32 Å². The van der Waals surface area contributed by atoms with Gasteiger partial charge in [-0.1, -0.05) is 35.9 Å². The SMILES string of the molecule is Cc1ccc2ccn(CC(=O)Nc3ccccc3Cl)c2c1. The maximum absolute atomic E-state index is 12.2. The highest BCUT2D eigenvalue weighted by atomic mass is 35.5. The van der Waals surface area contributed by atoms with Crippen LogP contribution in [0.4, 0.5) is 5.69 Å². The monoisotopic (exact) mass is 298 g/mol. The zero-order valence-corrected chi connectivity index (χ0v) is 12.4. The van der Waals surface area contributed by atoms with Crippen molar-refractivity contribution in [3.05, 3.63) is 65.3 Å². The molecule has 21 heavy (non-hydrogen) atoms. The molecule has 106 valence electrons. The topological polar surface area (TPSA) is 34.0 Å². The lowest BCUT2D eigenvalue weighted by molar-refractivity contribution is -0.116. The summed E-state index contributed by atoms with van der Waals surface area (Å²) in [5.74, 6) is -0.0953. The van der Waals surface area contributed by atoms with Crippen molar-refractivity contribution >= 4 is 34.1 Å². The largest absolute Gasteiger partial charge is 0.338 e. The van der Waals surface area contributed by atoms with Crippen molar-refractivity contribution in [2.45, 2.75) is 13.5 Å². The van der Waals surface area contributed by atoms with Gasteiger partial charge >= 0.3 is 0 Å². The van der Waals surface area contributed by atoms with Crippen LogP contribution in [0.15, 0.2) is 54.7 Å². The van der Waals surface area contributed by atoms with Crippen molar-refractivity contribution in [1.29, 1.82) is 0 Å². The fourth-order valence-electron chi connectivity index (χ4n) is 2.34. The fraction of sp³-hybridized carbons (Fsp3) is 0.118. The number of rotatable bonds is 3. The molecule has 0 spiro atoms. The number of aromatic nitrogens is 1. The van der Waals surface area contributed by atoms with Crippen LogP contribution in [-0.4, -0.2) is 10.5 Å². The molecule has 0 bridgehead atoms. The first-order chi connectivity index (χ1) is 10.1. The molecule has 3 aromatic rings. The number of anilines is 1. The van der Waals surface area contributed by atoms with Crippen LogP contribution in [-0.2, 0) is 11.3 Å². The van der Waals surface area contributed by atoms with Crippen LogP contribution in [0.5, 0.6) is 0 Å². The number of fused-ring (bicyclic) bond motifs is 1. The molecule has 0 aliphatic rings. The Bertz CT molecular complexity index is 807. The molecule has 1 N–H and O–H groups in total. The maximum Gasteiger partial charge on any atom is 0.244 e. The van der Waals surface area contributed by atoms with E-state index in [4.69, 9.17) is 11.6 Å². The van der Waals surface area contributed by atoms with Gasteiger partial charge in [-0.2, -0.15) is 0 Å². The Morgan fingerprint density at radius 2 is 2.00 bits per heavy atom. The van der Waals surface area contributed by atoms with Gasteiger partial charge in [0.2, 0.25) is 5.91 Å². The van der Waals surface area contributed by atoms with Gasteiger partial charge in [-0.05, 0) is 42.1 Å². The molecule has 0 saturated carbocycles. The minimum Gasteiger partial charge on any atom is -0.338 e. The molecule has 3 rings (SSSR count). The first-order valence-electron chi connectivity index (χ1n) is 6.73. The van der Waals surface area contributed by atoms with E-state index in [-0.39, 0.29) is 12.5 Å². The van der Waals surface area contributed by atoms with Gasteiger partial charge in [-0.25, -0.2) is 0 Å². The van der Waals surface area contributed by atoms with Crippen LogP contribution in [0.3, 0.4) is 0 Å². The van der Waals surface area contributed by atoms with E-state index >= 15 is 0 Å². The van der Waals surface area contributed by atoms with E-state index in [1.165, 1.54) is 5.56 Å². The summed E-state index contributed by atoms with van der Waals surface area (Å²) in [7, 11) is 0. The Hall–Kier alpha value is -2.26. The molecule has 4 heteroatoms. The van der Waals surface area contributed by atoms with Gasteiger partial charge in [0, 0.05) is 11.7 Å². The molecule has 0 unspecified atom stereocenters. The average molecular weight is 299 g/mol. The Kier molecular flexibility index (Phi) is 3.67. The molecule has 0 radical (unpaired) electrons. The number of para-hydroxylation sites is 1. The van der Waals surface area contributed by atoms with E-state index in [1.54, 1.807) is 12.1 Å². The van der Waals surface area contributed by atoms with E-state index in [9.17, 15) is 4.79 Å². The quantitative estimate of drug-likeness (QED) is 0.771. The van der Waals surface area contributed by atoms with Crippen molar-refractivity contribution in [1.82, 2.24) is 4.57 Å². The molecule has 1 aromatic heterocycles. The standard InChI is InChI=1S/C17H15ClN2O/c1-12-6-7-13-8-9-20(16(13)10-12)11-17(21)19-15-5-3-2-4-14(15)18/h2-10H,11H2,1H3,(H,19,21). The number of hydrogen-bond acceptors (Lipinski definition) is 1. The van der Waals surface area contributed by atoms with Gasteiger partial charge < -0.3 is 9.88 Å². The van der Waals surface area contributed by atoms with Crippen molar-refractivity contribution < 1.29 is 4.79 Å². The highest BCUT2D eigenvalue weighted by Gasteiger charge is 2.08. The predicted octanol–water partition coefficient (Wildman–Crippen LogP) is 4.24. The molecule has 1 amide bonds. The Morgan fingerprint density at radius 1 is 1.19 bits per heavy atom. The summed E-state index contributed by atoms with van der Waals surface area (Å²) in [6.45, 7) is 2.30. The van der Waals surface area contributed by atoms with Crippen LogP contribution in [0.25, 0.3) is 10.9 Å². The number of carbonyl (C=O) groups excluding carboxylic acids is 1. The van der Waals surface area contributed by atoms with Crippen LogP contribution >= 0.6 is 11.6 Å². The first-order valence-corrected chi connectivity index (χ1v) is 7.11. The molecule has 2 aromatic carbocycles. The number of aryl methyl sites for hydroxylation is 1. The van der Waals surface area contributed by atoms with Crippen LogP contribution in [0.1, 0.15) is 5.56 Å². The van der Waals surface area contributed by atoms with Crippen LogP contribution in [0, 0.1) is 6.92 Å². The summed E-state index contributed by atoms with van der Waals surface area (Å²) in [5.41, 5.74) is 2.87. The Morgan fingerprint density at radius 3 is 2.81 bits per heavy atom. The molecule has 1 heterocycles. The highest BCUT2D eigenvalue weighted by Crippen LogP contribution is 2.21. The van der Waals surface area contributed by atoms with Gasteiger partial charge in [0.15, 0.2) is 0 Å². The minimum atomic E-state index is -0.0953. The van der Waals surface area contributed by atoms with Gasteiger partial charge in [0.1, 0.15) is 6.54 Å². The lowest BCUT2D eigenvalue weighted by atomic mass is 10.2. The number of halogens is 1. The lowest BCUT2D eigenvalue weighted by Gasteiger charge is -2.09. The van der Waals surface area contributed by atoms with Gasteiger partial charge in [-0.3, -0.25) is 4.79 Å². The third-order valence-electron chi connectivity index (χ3n) is 3.39. The lowest BCUT2D eigenvalue weighted by Crippen LogP contribution is -2.18. The second kappa shape index (κ2) is 5.62. The number of hydrogen-bond donors (Lipinski definition) is 1. The van der Waals surface area contributed by atoms with Crippen LogP contribution < -0.4 is 5.32 Å². The Balaban J connectivity index is 1.80. The maximum atomic E-state index is 12.2. The zero-order chi connectivity index (χ0) is 14.8. The van der Waals surface area contributed by atoms with E-state index in [0.717, 1.165) is 10.9 Å². The third-order valence-corrected chi connectivity index (χ3v) is 3.72. The fourth-order valence-corrected chi connectivity index (χ4v) is 2.52.